The Kier molecular flexibility index (Phi) is 3.69. The number of nitro groups is 1. The van der Waals surface area contributed by atoms with Gasteiger partial charge in [-0.1, -0.05) is 0 Å². The Labute approximate surface area is 114 Å². The molecule has 2 rings (SSSR count). The average Bonchev–Trinajstić information content (AvgIpc) is 2.90. The summed E-state index contributed by atoms with van der Waals surface area (Å²) >= 11 is 0. The Hall–Kier alpha value is -2.83. The molecule has 0 unspecified atom stereocenters. The minimum Gasteiger partial charge on any atom is -0.478 e. The van der Waals surface area contributed by atoms with Crippen molar-refractivity contribution >= 4 is 17.3 Å². The van der Waals surface area contributed by atoms with E-state index in [1.807, 2.05) is 0 Å². The molecule has 7 nitrogen and oxygen atoms in total. The van der Waals surface area contributed by atoms with Gasteiger partial charge in [-0.05, 0) is 24.3 Å². The maximum absolute atomic E-state index is 11.0. The molecule has 1 heterocycles. The molecule has 0 aliphatic rings. The lowest BCUT2D eigenvalue weighted by molar-refractivity contribution is -0.384. The second kappa shape index (κ2) is 5.43. The highest BCUT2D eigenvalue weighted by Crippen LogP contribution is 2.29. The number of anilines is 1. The van der Waals surface area contributed by atoms with Crippen LogP contribution >= 0.6 is 0 Å². The van der Waals surface area contributed by atoms with Crippen molar-refractivity contribution in [2.75, 3.05) is 11.9 Å². The Bertz CT molecular complexity index is 636. The van der Waals surface area contributed by atoms with E-state index in [-0.39, 0.29) is 16.9 Å². The van der Waals surface area contributed by atoms with Crippen molar-refractivity contribution in [1.29, 1.82) is 0 Å². The number of rotatable bonds is 5. The first-order valence-electron chi connectivity index (χ1n) is 5.74. The highest BCUT2D eigenvalue weighted by molar-refractivity contribution is 5.90. The van der Waals surface area contributed by atoms with Crippen molar-refractivity contribution < 1.29 is 19.2 Å². The van der Waals surface area contributed by atoms with E-state index < -0.39 is 10.9 Å². The number of benzene rings is 1. The molecular weight excluding hydrogens is 264 g/mol. The second-order valence-electron chi connectivity index (χ2n) is 4.20. The third kappa shape index (κ3) is 2.77. The zero-order chi connectivity index (χ0) is 14.7. The lowest BCUT2D eigenvalue weighted by atomic mass is 10.1. The normalized spacial score (nSPS) is 10.2. The molecule has 0 radical (unpaired) electrons. The molecule has 2 aromatic rings. The van der Waals surface area contributed by atoms with Crippen molar-refractivity contribution in [1.82, 2.24) is 0 Å². The van der Waals surface area contributed by atoms with E-state index in [1.54, 1.807) is 24.1 Å². The monoisotopic (exact) mass is 276 g/mol. The summed E-state index contributed by atoms with van der Waals surface area (Å²) in [4.78, 5) is 23.0. The van der Waals surface area contributed by atoms with Crippen LogP contribution in [0.2, 0.25) is 0 Å². The predicted molar refractivity (Wildman–Crippen MR) is 70.9 cm³/mol. The quantitative estimate of drug-likeness (QED) is 0.665. The number of nitro benzene ring substituents is 1. The summed E-state index contributed by atoms with van der Waals surface area (Å²) in [5.41, 5.74) is 0.0762. The third-order valence-electron chi connectivity index (χ3n) is 2.80. The first-order valence-corrected chi connectivity index (χ1v) is 5.74. The Morgan fingerprint density at radius 1 is 1.45 bits per heavy atom. The summed E-state index contributed by atoms with van der Waals surface area (Å²) in [6.45, 7) is 0.302. The minimum atomic E-state index is -1.13. The van der Waals surface area contributed by atoms with E-state index in [2.05, 4.69) is 0 Å². The molecule has 0 saturated heterocycles. The number of hydrogen-bond donors (Lipinski definition) is 1. The summed E-state index contributed by atoms with van der Waals surface area (Å²) < 4.78 is 5.18. The van der Waals surface area contributed by atoms with Gasteiger partial charge in [0.15, 0.2) is 0 Å². The van der Waals surface area contributed by atoms with Crippen LogP contribution in [-0.4, -0.2) is 23.0 Å². The van der Waals surface area contributed by atoms with Gasteiger partial charge in [0.2, 0.25) is 0 Å². The zero-order valence-corrected chi connectivity index (χ0v) is 10.6. The molecule has 0 atom stereocenters. The topological polar surface area (TPSA) is 96.8 Å². The number of furan rings is 1. The number of carboxylic acids is 1. The number of carbonyl (C=O) groups is 1. The van der Waals surface area contributed by atoms with E-state index in [4.69, 9.17) is 9.52 Å². The molecule has 1 aromatic heterocycles. The van der Waals surface area contributed by atoms with Gasteiger partial charge in [-0.25, -0.2) is 4.79 Å². The molecule has 0 aliphatic heterocycles. The summed E-state index contributed by atoms with van der Waals surface area (Å²) in [5, 5.41) is 20.0. The first-order chi connectivity index (χ1) is 9.49. The number of aromatic carboxylic acids is 1. The summed E-state index contributed by atoms with van der Waals surface area (Å²) in [7, 11) is 1.64. The average molecular weight is 276 g/mol. The van der Waals surface area contributed by atoms with E-state index in [9.17, 15) is 14.9 Å². The van der Waals surface area contributed by atoms with E-state index in [0.717, 1.165) is 0 Å². The van der Waals surface area contributed by atoms with E-state index >= 15 is 0 Å². The van der Waals surface area contributed by atoms with Crippen molar-refractivity contribution in [3.8, 4) is 0 Å². The number of carboxylic acid groups (broad SMARTS) is 1. The molecule has 0 aliphatic carbocycles. The predicted octanol–water partition coefficient (Wildman–Crippen LogP) is 2.52. The van der Waals surface area contributed by atoms with Crippen LogP contribution in [-0.2, 0) is 6.54 Å². The summed E-state index contributed by atoms with van der Waals surface area (Å²) in [6.07, 6.45) is 1.51. The molecule has 0 spiro atoms. The van der Waals surface area contributed by atoms with Crippen molar-refractivity contribution in [3.05, 3.63) is 58.0 Å². The zero-order valence-electron chi connectivity index (χ0n) is 10.6. The molecule has 1 aromatic carbocycles. The minimum absolute atomic E-state index is 0.00288. The van der Waals surface area contributed by atoms with Crippen molar-refractivity contribution in [2.45, 2.75) is 6.54 Å². The lowest BCUT2D eigenvalue weighted by Gasteiger charge is -2.18. The number of nitrogens with zero attached hydrogens (tertiary/aromatic N) is 2. The third-order valence-corrected chi connectivity index (χ3v) is 2.80. The van der Waals surface area contributed by atoms with Crippen LogP contribution in [0.1, 0.15) is 16.1 Å². The highest BCUT2D eigenvalue weighted by atomic mass is 16.6. The molecule has 0 bridgehead atoms. The van der Waals surface area contributed by atoms with Gasteiger partial charge in [0.05, 0.1) is 23.3 Å². The first kappa shape index (κ1) is 13.6. The maximum Gasteiger partial charge on any atom is 0.335 e. The maximum atomic E-state index is 11.0. The molecule has 0 amide bonds. The van der Waals surface area contributed by atoms with Gasteiger partial charge in [-0.2, -0.15) is 0 Å². The fourth-order valence-electron chi connectivity index (χ4n) is 1.84. The molecule has 0 fully saturated rings. The Morgan fingerprint density at radius 3 is 2.75 bits per heavy atom. The van der Waals surface area contributed by atoms with Gasteiger partial charge in [0.1, 0.15) is 11.4 Å². The van der Waals surface area contributed by atoms with Crippen molar-refractivity contribution in [3.63, 3.8) is 0 Å². The summed E-state index contributed by atoms with van der Waals surface area (Å²) in [6, 6.07) is 7.14. The van der Waals surface area contributed by atoms with Gasteiger partial charge in [-0.15, -0.1) is 0 Å². The van der Waals surface area contributed by atoms with Crippen LogP contribution in [0.15, 0.2) is 41.0 Å². The number of hydrogen-bond acceptors (Lipinski definition) is 5. The lowest BCUT2D eigenvalue weighted by Crippen LogP contribution is -2.18. The van der Waals surface area contributed by atoms with Crippen LogP contribution in [0.25, 0.3) is 0 Å². The molecule has 1 N–H and O–H groups in total. The van der Waals surface area contributed by atoms with E-state index in [0.29, 0.717) is 12.3 Å². The molecule has 0 saturated carbocycles. The molecule has 7 heteroatoms. The largest absolute Gasteiger partial charge is 0.478 e. The van der Waals surface area contributed by atoms with Gasteiger partial charge in [-0.3, -0.25) is 10.1 Å². The highest BCUT2D eigenvalue weighted by Gasteiger charge is 2.20. The Balaban J connectivity index is 2.38. The molecular formula is C13H12N2O5. The SMILES string of the molecule is CN(Cc1ccco1)c1cc(C(=O)O)ccc1[N+](=O)[O-]. The van der Waals surface area contributed by atoms with E-state index in [1.165, 1.54) is 24.5 Å². The van der Waals surface area contributed by atoms with Crippen LogP contribution in [0.4, 0.5) is 11.4 Å². The van der Waals surface area contributed by atoms with Gasteiger partial charge in [0, 0.05) is 13.1 Å². The smallest absolute Gasteiger partial charge is 0.335 e. The van der Waals surface area contributed by atoms with Crippen LogP contribution in [0.3, 0.4) is 0 Å². The Morgan fingerprint density at radius 2 is 2.20 bits per heavy atom. The standard InChI is InChI=1S/C13H12N2O5/c1-14(8-10-3-2-6-20-10)12-7-9(13(16)17)4-5-11(12)15(18)19/h2-7H,8H2,1H3,(H,16,17). The van der Waals surface area contributed by atoms with Gasteiger partial charge < -0.3 is 14.4 Å². The fourth-order valence-corrected chi connectivity index (χ4v) is 1.84. The van der Waals surface area contributed by atoms with Gasteiger partial charge >= 0.3 is 5.97 Å². The second-order valence-corrected chi connectivity index (χ2v) is 4.20. The molecule has 20 heavy (non-hydrogen) atoms. The summed E-state index contributed by atoms with van der Waals surface area (Å²) in [5.74, 6) is -0.505. The van der Waals surface area contributed by atoms with Crippen LogP contribution in [0, 0.1) is 10.1 Å². The van der Waals surface area contributed by atoms with Crippen LogP contribution in [0.5, 0.6) is 0 Å². The van der Waals surface area contributed by atoms with Crippen molar-refractivity contribution in [2.24, 2.45) is 0 Å². The molecule has 104 valence electrons. The fraction of sp³-hybridized carbons (Fsp3) is 0.154. The van der Waals surface area contributed by atoms with Gasteiger partial charge in [0.25, 0.3) is 5.69 Å². The van der Waals surface area contributed by atoms with Crippen LogP contribution < -0.4 is 4.90 Å².